The van der Waals surface area contributed by atoms with E-state index in [0.29, 0.717) is 25.6 Å². The van der Waals surface area contributed by atoms with Crippen LogP contribution >= 0.6 is 0 Å². The number of carbonyl (C=O) groups is 1. The van der Waals surface area contributed by atoms with Crippen molar-refractivity contribution < 1.29 is 14.3 Å². The summed E-state index contributed by atoms with van der Waals surface area (Å²) in [4.78, 5) is 18.4. The highest BCUT2D eigenvalue weighted by Crippen LogP contribution is 2.25. The van der Waals surface area contributed by atoms with Crippen LogP contribution in [-0.4, -0.2) is 41.2 Å². The maximum atomic E-state index is 12.3. The molecule has 27 heavy (non-hydrogen) atoms. The number of pyridine rings is 1. The van der Waals surface area contributed by atoms with E-state index in [2.05, 4.69) is 10.3 Å². The van der Waals surface area contributed by atoms with E-state index in [1.807, 2.05) is 56.3 Å². The van der Waals surface area contributed by atoms with Crippen molar-refractivity contribution in [3.8, 4) is 5.88 Å². The molecule has 0 bridgehead atoms. The fourth-order valence-electron chi connectivity index (χ4n) is 3.05. The Morgan fingerprint density at radius 3 is 2.63 bits per heavy atom. The first-order valence-electron chi connectivity index (χ1n) is 9.45. The molecule has 1 fully saturated rings. The molecule has 0 radical (unpaired) electrons. The van der Waals surface area contributed by atoms with Crippen molar-refractivity contribution in [1.82, 2.24) is 9.88 Å². The molecule has 0 aliphatic carbocycles. The Balaban J connectivity index is 1.47. The SMILES string of the molecule is CC(C)Oc1ncccc1NC1CCN(C(=O)OCc2ccccc2)CC1. The number of likely N-dealkylation sites (tertiary alicyclic amines) is 1. The van der Waals surface area contributed by atoms with Gasteiger partial charge in [-0.2, -0.15) is 0 Å². The van der Waals surface area contributed by atoms with Gasteiger partial charge in [-0.1, -0.05) is 30.3 Å². The normalized spacial score (nSPS) is 14.9. The molecule has 0 spiro atoms. The molecule has 0 unspecified atom stereocenters. The summed E-state index contributed by atoms with van der Waals surface area (Å²) in [5, 5.41) is 3.51. The van der Waals surface area contributed by atoms with Crippen molar-refractivity contribution in [3.63, 3.8) is 0 Å². The van der Waals surface area contributed by atoms with Crippen molar-refractivity contribution in [2.45, 2.75) is 45.4 Å². The first kappa shape index (κ1) is 19.0. The van der Waals surface area contributed by atoms with Crippen molar-refractivity contribution in [2.24, 2.45) is 0 Å². The number of nitrogens with one attached hydrogen (secondary N) is 1. The third-order valence-electron chi connectivity index (χ3n) is 4.44. The standard InChI is InChI=1S/C21H27N3O3/c1-16(2)27-20-19(9-6-12-22-20)23-18-10-13-24(14-11-18)21(25)26-15-17-7-4-3-5-8-17/h3-9,12,16,18,23H,10-11,13-15H2,1-2H3. The number of piperidine rings is 1. The highest BCUT2D eigenvalue weighted by molar-refractivity contribution is 5.67. The van der Waals surface area contributed by atoms with Gasteiger partial charge in [-0.3, -0.25) is 0 Å². The number of nitrogens with zero attached hydrogens (tertiary/aromatic N) is 2. The van der Waals surface area contributed by atoms with Crippen LogP contribution in [0.15, 0.2) is 48.7 Å². The summed E-state index contributed by atoms with van der Waals surface area (Å²) in [7, 11) is 0. The van der Waals surface area contributed by atoms with Gasteiger partial charge in [0, 0.05) is 25.3 Å². The van der Waals surface area contributed by atoms with Crippen molar-refractivity contribution in [1.29, 1.82) is 0 Å². The molecule has 1 aliphatic heterocycles. The fourth-order valence-corrected chi connectivity index (χ4v) is 3.05. The molecule has 6 heteroatoms. The Bertz CT molecular complexity index is 728. The van der Waals surface area contributed by atoms with E-state index in [0.717, 1.165) is 24.1 Å². The molecule has 1 aromatic carbocycles. The van der Waals surface area contributed by atoms with E-state index < -0.39 is 0 Å². The zero-order valence-corrected chi connectivity index (χ0v) is 15.9. The summed E-state index contributed by atoms with van der Waals surface area (Å²) >= 11 is 0. The van der Waals surface area contributed by atoms with E-state index in [1.54, 1.807) is 11.1 Å². The lowest BCUT2D eigenvalue weighted by atomic mass is 10.1. The van der Waals surface area contributed by atoms with E-state index >= 15 is 0 Å². The van der Waals surface area contributed by atoms with Gasteiger partial charge in [-0.15, -0.1) is 0 Å². The van der Waals surface area contributed by atoms with Gasteiger partial charge in [-0.05, 0) is 44.4 Å². The minimum atomic E-state index is -0.248. The number of rotatable bonds is 6. The average Bonchev–Trinajstić information content (AvgIpc) is 2.69. The third kappa shape index (κ3) is 5.61. The Kier molecular flexibility index (Phi) is 6.52. The maximum Gasteiger partial charge on any atom is 0.410 e. The second-order valence-corrected chi connectivity index (χ2v) is 6.97. The van der Waals surface area contributed by atoms with E-state index in [-0.39, 0.29) is 18.2 Å². The molecule has 1 N–H and O–H groups in total. The number of amides is 1. The number of hydrogen-bond donors (Lipinski definition) is 1. The van der Waals surface area contributed by atoms with Gasteiger partial charge in [0.05, 0.1) is 11.8 Å². The number of hydrogen-bond acceptors (Lipinski definition) is 5. The zero-order chi connectivity index (χ0) is 19.1. The first-order valence-corrected chi connectivity index (χ1v) is 9.45. The first-order chi connectivity index (χ1) is 13.1. The van der Waals surface area contributed by atoms with E-state index in [9.17, 15) is 4.79 Å². The van der Waals surface area contributed by atoms with Crippen molar-refractivity contribution >= 4 is 11.8 Å². The zero-order valence-electron chi connectivity index (χ0n) is 15.9. The number of anilines is 1. The van der Waals surface area contributed by atoms with Gasteiger partial charge < -0.3 is 19.7 Å². The van der Waals surface area contributed by atoms with E-state index in [4.69, 9.17) is 9.47 Å². The fraction of sp³-hybridized carbons (Fsp3) is 0.429. The molecule has 144 valence electrons. The summed E-state index contributed by atoms with van der Waals surface area (Å²) in [6, 6.07) is 13.9. The lowest BCUT2D eigenvalue weighted by Crippen LogP contribution is -2.42. The summed E-state index contributed by atoms with van der Waals surface area (Å²) in [6.07, 6.45) is 3.27. The van der Waals surface area contributed by atoms with Crippen molar-refractivity contribution in [2.75, 3.05) is 18.4 Å². The van der Waals surface area contributed by atoms with Crippen LogP contribution in [0.4, 0.5) is 10.5 Å². The molecular weight excluding hydrogens is 342 g/mol. The van der Waals surface area contributed by atoms with Crippen LogP contribution in [0.2, 0.25) is 0 Å². The number of benzene rings is 1. The lowest BCUT2D eigenvalue weighted by Gasteiger charge is -2.32. The summed E-state index contributed by atoms with van der Waals surface area (Å²) in [6.45, 7) is 5.62. The van der Waals surface area contributed by atoms with Crippen molar-refractivity contribution in [3.05, 3.63) is 54.2 Å². The summed E-state index contributed by atoms with van der Waals surface area (Å²) in [5.74, 6) is 0.622. The number of carbonyl (C=O) groups excluding carboxylic acids is 1. The molecule has 2 aromatic rings. The van der Waals surface area contributed by atoms with Gasteiger partial charge in [0.15, 0.2) is 0 Å². The maximum absolute atomic E-state index is 12.3. The quantitative estimate of drug-likeness (QED) is 0.831. The van der Waals surface area contributed by atoms with Crippen LogP contribution < -0.4 is 10.1 Å². The van der Waals surface area contributed by atoms with E-state index in [1.165, 1.54) is 0 Å². The second kappa shape index (κ2) is 9.26. The van der Waals surface area contributed by atoms with Gasteiger partial charge in [-0.25, -0.2) is 9.78 Å². The van der Waals surface area contributed by atoms with Crippen LogP contribution in [0.3, 0.4) is 0 Å². The van der Waals surface area contributed by atoms with Gasteiger partial charge in [0.1, 0.15) is 6.61 Å². The highest BCUT2D eigenvalue weighted by Gasteiger charge is 2.24. The molecule has 6 nitrogen and oxygen atoms in total. The predicted molar refractivity (Wildman–Crippen MR) is 105 cm³/mol. The topological polar surface area (TPSA) is 63.7 Å². The molecule has 3 rings (SSSR count). The molecule has 0 saturated carbocycles. The third-order valence-corrected chi connectivity index (χ3v) is 4.44. The molecule has 0 atom stereocenters. The molecular formula is C21H27N3O3. The minimum Gasteiger partial charge on any atom is -0.473 e. The van der Waals surface area contributed by atoms with Crippen LogP contribution in [0.5, 0.6) is 5.88 Å². The van der Waals surface area contributed by atoms with Crippen LogP contribution in [0.1, 0.15) is 32.3 Å². The highest BCUT2D eigenvalue weighted by atomic mass is 16.6. The Morgan fingerprint density at radius 2 is 1.93 bits per heavy atom. The largest absolute Gasteiger partial charge is 0.473 e. The molecule has 2 heterocycles. The Morgan fingerprint density at radius 1 is 1.19 bits per heavy atom. The van der Waals surface area contributed by atoms with Gasteiger partial charge in [0.25, 0.3) is 0 Å². The second-order valence-electron chi connectivity index (χ2n) is 6.97. The average molecular weight is 369 g/mol. The van der Waals surface area contributed by atoms with Gasteiger partial charge >= 0.3 is 6.09 Å². The minimum absolute atomic E-state index is 0.0710. The van der Waals surface area contributed by atoms with Crippen LogP contribution in [-0.2, 0) is 11.3 Å². The predicted octanol–water partition coefficient (Wildman–Crippen LogP) is 4.08. The number of ether oxygens (including phenoxy) is 2. The molecule has 1 aliphatic rings. The molecule has 1 aromatic heterocycles. The summed E-state index contributed by atoms with van der Waals surface area (Å²) in [5.41, 5.74) is 1.90. The molecule has 1 amide bonds. The number of aromatic nitrogens is 1. The lowest BCUT2D eigenvalue weighted by molar-refractivity contribution is 0.0881. The van der Waals surface area contributed by atoms with Gasteiger partial charge in [0.2, 0.25) is 5.88 Å². The summed E-state index contributed by atoms with van der Waals surface area (Å²) < 4.78 is 11.2. The smallest absolute Gasteiger partial charge is 0.410 e. The molecule has 1 saturated heterocycles. The van der Waals surface area contributed by atoms with Crippen LogP contribution in [0, 0.1) is 0 Å². The Labute approximate surface area is 160 Å². The van der Waals surface area contributed by atoms with Crippen LogP contribution in [0.25, 0.3) is 0 Å². The Hall–Kier alpha value is -2.76. The monoisotopic (exact) mass is 369 g/mol.